The van der Waals surface area contributed by atoms with Crippen molar-refractivity contribution in [3.05, 3.63) is 28.5 Å². The molecule has 0 aliphatic rings. The molecular weight excluding hydrogens is 331 g/mol. The first kappa shape index (κ1) is 16.6. The van der Waals surface area contributed by atoms with E-state index in [1.807, 2.05) is 6.92 Å². The lowest BCUT2D eigenvalue weighted by atomic mass is 10.2. The van der Waals surface area contributed by atoms with Crippen LogP contribution in [-0.2, 0) is 9.59 Å². The lowest BCUT2D eigenvalue weighted by Gasteiger charge is -2.09. The first-order chi connectivity index (χ1) is 9.43. The largest absolute Gasteiger partial charge is 0.393 e. The highest BCUT2D eigenvalue weighted by Gasteiger charge is 2.15. The summed E-state index contributed by atoms with van der Waals surface area (Å²) >= 11 is 3.09. The van der Waals surface area contributed by atoms with Crippen LogP contribution < -0.4 is 10.6 Å². The van der Waals surface area contributed by atoms with Gasteiger partial charge in [-0.2, -0.15) is 0 Å². The van der Waals surface area contributed by atoms with Crippen LogP contribution in [0.2, 0.25) is 0 Å². The van der Waals surface area contributed by atoms with Gasteiger partial charge in [-0.05, 0) is 31.0 Å². The van der Waals surface area contributed by atoms with Gasteiger partial charge in [0, 0.05) is 11.0 Å². The predicted octanol–water partition coefficient (Wildman–Crippen LogP) is 1.80. The number of carbonyl (C=O) groups is 2. The van der Waals surface area contributed by atoms with Crippen LogP contribution in [-0.4, -0.2) is 29.6 Å². The molecule has 20 heavy (non-hydrogen) atoms. The Bertz CT molecular complexity index is 497. The van der Waals surface area contributed by atoms with E-state index >= 15 is 0 Å². The minimum absolute atomic E-state index is 0.0676. The Balaban J connectivity index is 2.47. The van der Waals surface area contributed by atoms with Crippen molar-refractivity contribution in [2.75, 3.05) is 11.9 Å². The van der Waals surface area contributed by atoms with Crippen molar-refractivity contribution < 1.29 is 19.1 Å². The first-order valence-corrected chi connectivity index (χ1v) is 6.95. The van der Waals surface area contributed by atoms with E-state index in [1.54, 1.807) is 6.07 Å². The van der Waals surface area contributed by atoms with Crippen LogP contribution in [0.1, 0.15) is 19.8 Å². The molecule has 0 heterocycles. The second kappa shape index (κ2) is 7.96. The van der Waals surface area contributed by atoms with Crippen LogP contribution in [0.3, 0.4) is 0 Å². The van der Waals surface area contributed by atoms with Gasteiger partial charge in [0.25, 0.3) is 0 Å². The molecular formula is C13H16BrFN2O3. The van der Waals surface area contributed by atoms with Crippen LogP contribution in [0.5, 0.6) is 0 Å². The number of hydrogen-bond acceptors (Lipinski definition) is 3. The van der Waals surface area contributed by atoms with Gasteiger partial charge in [-0.1, -0.05) is 22.9 Å². The average molecular weight is 347 g/mol. The molecule has 1 unspecified atom stereocenters. The number of carbonyl (C=O) groups excluding carboxylic acids is 2. The van der Waals surface area contributed by atoms with Gasteiger partial charge in [-0.3, -0.25) is 9.59 Å². The van der Waals surface area contributed by atoms with Gasteiger partial charge in [-0.15, -0.1) is 0 Å². The van der Waals surface area contributed by atoms with Crippen LogP contribution in [0.25, 0.3) is 0 Å². The summed E-state index contributed by atoms with van der Waals surface area (Å²) in [5.41, 5.74) is -0.0676. The highest BCUT2D eigenvalue weighted by molar-refractivity contribution is 9.10. The Hall–Kier alpha value is -1.47. The van der Waals surface area contributed by atoms with Crippen molar-refractivity contribution in [2.45, 2.75) is 25.9 Å². The second-order valence-corrected chi connectivity index (χ2v) is 5.10. The summed E-state index contributed by atoms with van der Waals surface area (Å²) in [6.07, 6.45) is 0.427. The standard InChI is InChI=1S/C13H16BrFN2O3/c1-2-9(18)5-6-16-12(19)13(20)17-11-4-3-8(14)7-10(11)15/h3-4,7,9,18H,2,5-6H2,1H3,(H,16,19)(H,17,20). The maximum Gasteiger partial charge on any atom is 0.313 e. The average Bonchev–Trinajstić information content (AvgIpc) is 2.41. The number of nitrogens with one attached hydrogen (secondary N) is 2. The molecule has 0 fully saturated rings. The lowest BCUT2D eigenvalue weighted by Crippen LogP contribution is -2.37. The van der Waals surface area contributed by atoms with Crippen molar-refractivity contribution in [2.24, 2.45) is 0 Å². The summed E-state index contributed by atoms with van der Waals surface area (Å²) in [6.45, 7) is 2.00. The molecule has 0 aliphatic carbocycles. The summed E-state index contributed by atoms with van der Waals surface area (Å²) in [5, 5.41) is 13.8. The van der Waals surface area contributed by atoms with E-state index in [2.05, 4.69) is 26.6 Å². The molecule has 3 N–H and O–H groups in total. The Kier molecular flexibility index (Phi) is 6.60. The lowest BCUT2D eigenvalue weighted by molar-refractivity contribution is -0.136. The highest BCUT2D eigenvalue weighted by Crippen LogP contribution is 2.19. The van der Waals surface area contributed by atoms with Crippen molar-refractivity contribution in [3.8, 4) is 0 Å². The van der Waals surface area contributed by atoms with Crippen LogP contribution in [0.4, 0.5) is 10.1 Å². The first-order valence-electron chi connectivity index (χ1n) is 6.16. The number of rotatable bonds is 5. The maximum absolute atomic E-state index is 13.5. The Labute approximate surface area is 124 Å². The Morgan fingerprint density at radius 2 is 2.10 bits per heavy atom. The molecule has 2 amide bonds. The molecule has 0 bridgehead atoms. The molecule has 0 aliphatic heterocycles. The molecule has 0 aromatic heterocycles. The predicted molar refractivity (Wildman–Crippen MR) is 76.7 cm³/mol. The fraction of sp³-hybridized carbons (Fsp3) is 0.385. The molecule has 1 aromatic carbocycles. The Morgan fingerprint density at radius 3 is 2.70 bits per heavy atom. The quantitative estimate of drug-likeness (QED) is 0.711. The van der Waals surface area contributed by atoms with E-state index in [9.17, 15) is 19.1 Å². The zero-order chi connectivity index (χ0) is 15.1. The fourth-order valence-corrected chi connectivity index (χ4v) is 1.74. The SMILES string of the molecule is CCC(O)CCNC(=O)C(=O)Nc1ccc(Br)cc1F. The number of amides is 2. The number of benzene rings is 1. The fourth-order valence-electron chi connectivity index (χ4n) is 1.41. The summed E-state index contributed by atoms with van der Waals surface area (Å²) in [7, 11) is 0. The number of aliphatic hydroxyl groups excluding tert-OH is 1. The van der Waals surface area contributed by atoms with Crippen molar-refractivity contribution in [3.63, 3.8) is 0 Å². The van der Waals surface area contributed by atoms with E-state index in [0.29, 0.717) is 17.3 Å². The van der Waals surface area contributed by atoms with Crippen LogP contribution >= 0.6 is 15.9 Å². The maximum atomic E-state index is 13.5. The van der Waals surface area contributed by atoms with Gasteiger partial charge < -0.3 is 15.7 Å². The minimum atomic E-state index is -0.947. The number of halogens is 2. The third kappa shape index (κ3) is 5.26. The number of hydrogen-bond donors (Lipinski definition) is 3. The van der Waals surface area contributed by atoms with E-state index in [-0.39, 0.29) is 12.2 Å². The molecule has 0 saturated heterocycles. The molecule has 0 saturated carbocycles. The van der Waals surface area contributed by atoms with E-state index in [4.69, 9.17) is 0 Å². The van der Waals surface area contributed by atoms with Gasteiger partial charge >= 0.3 is 11.8 Å². The van der Waals surface area contributed by atoms with Crippen LogP contribution in [0, 0.1) is 5.82 Å². The zero-order valence-electron chi connectivity index (χ0n) is 11.0. The second-order valence-electron chi connectivity index (χ2n) is 4.18. The normalized spacial score (nSPS) is 11.8. The minimum Gasteiger partial charge on any atom is -0.393 e. The summed E-state index contributed by atoms with van der Waals surface area (Å²) in [5.74, 6) is -2.45. The number of aliphatic hydroxyl groups is 1. The van der Waals surface area contributed by atoms with E-state index in [1.165, 1.54) is 12.1 Å². The third-order valence-corrected chi connectivity index (χ3v) is 3.11. The molecule has 1 aromatic rings. The van der Waals surface area contributed by atoms with Crippen molar-refractivity contribution in [1.29, 1.82) is 0 Å². The van der Waals surface area contributed by atoms with Crippen LogP contribution in [0.15, 0.2) is 22.7 Å². The van der Waals surface area contributed by atoms with Crippen molar-refractivity contribution in [1.82, 2.24) is 5.32 Å². The summed E-state index contributed by atoms with van der Waals surface area (Å²) < 4.78 is 14.0. The van der Waals surface area contributed by atoms with Gasteiger partial charge in [0.2, 0.25) is 0 Å². The third-order valence-electron chi connectivity index (χ3n) is 2.62. The Morgan fingerprint density at radius 1 is 1.40 bits per heavy atom. The zero-order valence-corrected chi connectivity index (χ0v) is 12.5. The highest BCUT2D eigenvalue weighted by atomic mass is 79.9. The molecule has 7 heteroatoms. The molecule has 0 spiro atoms. The van der Waals surface area contributed by atoms with Gasteiger partial charge in [0.15, 0.2) is 0 Å². The number of anilines is 1. The summed E-state index contributed by atoms with van der Waals surface area (Å²) in [6, 6.07) is 4.09. The van der Waals surface area contributed by atoms with Crippen molar-refractivity contribution >= 4 is 33.4 Å². The van der Waals surface area contributed by atoms with Gasteiger partial charge in [-0.25, -0.2) is 4.39 Å². The molecule has 5 nitrogen and oxygen atoms in total. The van der Waals surface area contributed by atoms with Gasteiger partial charge in [0.1, 0.15) is 5.82 Å². The molecule has 1 atom stereocenters. The molecule has 1 rings (SSSR count). The van der Waals surface area contributed by atoms with E-state index in [0.717, 1.165) is 0 Å². The van der Waals surface area contributed by atoms with E-state index < -0.39 is 23.7 Å². The topological polar surface area (TPSA) is 78.4 Å². The molecule has 110 valence electrons. The summed E-state index contributed by atoms with van der Waals surface area (Å²) in [4.78, 5) is 23.0. The molecule has 0 radical (unpaired) electrons. The smallest absolute Gasteiger partial charge is 0.313 e. The monoisotopic (exact) mass is 346 g/mol. The van der Waals surface area contributed by atoms with Gasteiger partial charge in [0.05, 0.1) is 11.8 Å².